The van der Waals surface area contributed by atoms with Crippen LogP contribution in [0.1, 0.15) is 5.56 Å². The van der Waals surface area contributed by atoms with Crippen molar-refractivity contribution in [3.63, 3.8) is 0 Å². The SMILES string of the molecule is Cc1cc(S(=O)(=O)Nc2ccccc2O)c(Cl)cc1Cl. The largest absolute Gasteiger partial charge is 0.506 e. The molecule has 0 aliphatic carbocycles. The minimum absolute atomic E-state index is 0.0171. The van der Waals surface area contributed by atoms with Crippen molar-refractivity contribution in [2.45, 2.75) is 11.8 Å². The molecular weight excluding hydrogens is 321 g/mol. The monoisotopic (exact) mass is 331 g/mol. The number of para-hydroxylation sites is 2. The Morgan fingerprint density at radius 1 is 1.10 bits per heavy atom. The molecule has 0 aromatic heterocycles. The Morgan fingerprint density at radius 2 is 1.75 bits per heavy atom. The zero-order chi connectivity index (χ0) is 14.9. The zero-order valence-electron chi connectivity index (χ0n) is 10.4. The smallest absolute Gasteiger partial charge is 0.263 e. The number of phenolic OH excluding ortho intramolecular Hbond substituents is 1. The predicted molar refractivity (Wildman–Crippen MR) is 80.1 cm³/mol. The third kappa shape index (κ3) is 3.00. The standard InChI is InChI=1S/C13H11Cl2NO3S/c1-8-6-13(10(15)7-9(8)14)20(18,19)16-11-4-2-3-5-12(11)17/h2-7,16-17H,1H3. The van der Waals surface area contributed by atoms with Gasteiger partial charge in [-0.15, -0.1) is 0 Å². The van der Waals surface area contributed by atoms with Crippen molar-refractivity contribution in [1.82, 2.24) is 0 Å². The van der Waals surface area contributed by atoms with Gasteiger partial charge in [-0.3, -0.25) is 4.72 Å². The van der Waals surface area contributed by atoms with E-state index in [1.807, 2.05) is 0 Å². The average Bonchev–Trinajstić information content (AvgIpc) is 2.36. The normalized spacial score (nSPS) is 11.3. The summed E-state index contributed by atoms with van der Waals surface area (Å²) in [5.41, 5.74) is 0.671. The summed E-state index contributed by atoms with van der Waals surface area (Å²) in [6, 6.07) is 8.78. The first kappa shape index (κ1) is 15.0. The second-order valence-corrected chi connectivity index (χ2v) is 6.62. The molecule has 0 aliphatic heterocycles. The van der Waals surface area contributed by atoms with Crippen LogP contribution < -0.4 is 4.72 Å². The fraction of sp³-hybridized carbons (Fsp3) is 0.0769. The van der Waals surface area contributed by atoms with Crippen LogP contribution in [-0.2, 0) is 10.0 Å². The molecule has 0 heterocycles. The van der Waals surface area contributed by atoms with E-state index in [1.54, 1.807) is 19.1 Å². The van der Waals surface area contributed by atoms with Gasteiger partial charge in [0.25, 0.3) is 10.0 Å². The molecule has 2 aromatic rings. The Labute approximate surface area is 127 Å². The molecule has 0 atom stereocenters. The minimum atomic E-state index is -3.91. The summed E-state index contributed by atoms with van der Waals surface area (Å²) in [5, 5.41) is 10.0. The van der Waals surface area contributed by atoms with Gasteiger partial charge in [0.1, 0.15) is 10.6 Å². The molecule has 2 rings (SSSR count). The number of hydrogen-bond donors (Lipinski definition) is 2. The van der Waals surface area contributed by atoms with Crippen LogP contribution in [0.15, 0.2) is 41.3 Å². The van der Waals surface area contributed by atoms with Crippen LogP contribution in [0.5, 0.6) is 5.75 Å². The lowest BCUT2D eigenvalue weighted by Gasteiger charge is -2.12. The molecule has 0 bridgehead atoms. The Morgan fingerprint density at radius 3 is 2.40 bits per heavy atom. The fourth-order valence-corrected chi connectivity index (χ4v) is 3.50. The zero-order valence-corrected chi connectivity index (χ0v) is 12.7. The second-order valence-electron chi connectivity index (χ2n) is 4.15. The van der Waals surface area contributed by atoms with Gasteiger partial charge in [-0.05, 0) is 36.8 Å². The first-order chi connectivity index (χ1) is 9.31. The van der Waals surface area contributed by atoms with Crippen LogP contribution in [-0.4, -0.2) is 13.5 Å². The summed E-state index contributed by atoms with van der Waals surface area (Å²) in [5.74, 6) is -0.169. The Balaban J connectivity index is 2.47. The van der Waals surface area contributed by atoms with Gasteiger partial charge < -0.3 is 5.11 Å². The molecule has 0 aliphatic rings. The molecule has 0 saturated carbocycles. The fourth-order valence-electron chi connectivity index (χ4n) is 1.60. The van der Waals surface area contributed by atoms with Gasteiger partial charge in [0.15, 0.2) is 0 Å². The van der Waals surface area contributed by atoms with Crippen LogP contribution in [0.2, 0.25) is 10.0 Å². The molecule has 0 fully saturated rings. The average molecular weight is 332 g/mol. The van der Waals surface area contributed by atoms with Gasteiger partial charge in [-0.25, -0.2) is 8.42 Å². The number of benzene rings is 2. The number of aryl methyl sites for hydroxylation is 1. The summed E-state index contributed by atoms with van der Waals surface area (Å²) in [7, 11) is -3.91. The van der Waals surface area contributed by atoms with Crippen LogP contribution in [0.4, 0.5) is 5.69 Å². The summed E-state index contributed by atoms with van der Waals surface area (Å²) in [6.07, 6.45) is 0. The molecular formula is C13H11Cl2NO3S. The van der Waals surface area contributed by atoms with E-state index in [-0.39, 0.29) is 21.4 Å². The van der Waals surface area contributed by atoms with E-state index in [0.717, 1.165) is 0 Å². The number of sulfonamides is 1. The van der Waals surface area contributed by atoms with Gasteiger partial charge in [-0.1, -0.05) is 35.3 Å². The molecule has 2 N–H and O–H groups in total. The van der Waals surface area contributed by atoms with E-state index in [1.165, 1.54) is 24.3 Å². The van der Waals surface area contributed by atoms with Gasteiger partial charge >= 0.3 is 0 Å². The molecule has 20 heavy (non-hydrogen) atoms. The summed E-state index contributed by atoms with van der Waals surface area (Å²) < 4.78 is 26.9. The number of hydrogen-bond acceptors (Lipinski definition) is 3. The highest BCUT2D eigenvalue weighted by Crippen LogP contribution is 2.31. The minimum Gasteiger partial charge on any atom is -0.506 e. The summed E-state index contributed by atoms with van der Waals surface area (Å²) in [6.45, 7) is 1.68. The van der Waals surface area contributed by atoms with Crippen LogP contribution >= 0.6 is 23.2 Å². The third-order valence-electron chi connectivity index (χ3n) is 2.65. The van der Waals surface area contributed by atoms with Crippen LogP contribution in [0.3, 0.4) is 0 Å². The van der Waals surface area contributed by atoms with E-state index < -0.39 is 10.0 Å². The summed E-state index contributed by atoms with van der Waals surface area (Å²) in [4.78, 5) is -0.0932. The maximum atomic E-state index is 12.3. The Kier molecular flexibility index (Phi) is 4.13. The Hall–Kier alpha value is -1.43. The molecule has 0 unspecified atom stereocenters. The maximum absolute atomic E-state index is 12.3. The van der Waals surface area contributed by atoms with Crippen molar-refractivity contribution in [1.29, 1.82) is 0 Å². The molecule has 2 aromatic carbocycles. The lowest BCUT2D eigenvalue weighted by atomic mass is 10.2. The Bertz CT molecular complexity index is 760. The maximum Gasteiger partial charge on any atom is 0.263 e. The topological polar surface area (TPSA) is 66.4 Å². The van der Waals surface area contributed by atoms with E-state index in [0.29, 0.717) is 10.6 Å². The third-order valence-corrected chi connectivity index (χ3v) is 4.89. The first-order valence-electron chi connectivity index (χ1n) is 5.58. The van der Waals surface area contributed by atoms with Gasteiger partial charge in [0, 0.05) is 5.02 Å². The van der Waals surface area contributed by atoms with Crippen molar-refractivity contribution in [2.75, 3.05) is 4.72 Å². The van der Waals surface area contributed by atoms with Gasteiger partial charge in [0.05, 0.1) is 10.7 Å². The molecule has 0 amide bonds. The lowest BCUT2D eigenvalue weighted by molar-refractivity contribution is 0.477. The number of aromatic hydroxyl groups is 1. The van der Waals surface area contributed by atoms with Crippen molar-refractivity contribution >= 4 is 38.9 Å². The summed E-state index contributed by atoms with van der Waals surface area (Å²) >= 11 is 11.8. The van der Waals surface area contributed by atoms with Crippen molar-refractivity contribution in [3.8, 4) is 5.75 Å². The van der Waals surface area contributed by atoms with E-state index in [4.69, 9.17) is 23.2 Å². The predicted octanol–water partition coefficient (Wildman–Crippen LogP) is 3.81. The number of halogens is 2. The molecule has 7 heteroatoms. The van der Waals surface area contributed by atoms with Crippen molar-refractivity contribution in [3.05, 3.63) is 52.0 Å². The van der Waals surface area contributed by atoms with Crippen molar-refractivity contribution in [2.24, 2.45) is 0 Å². The van der Waals surface area contributed by atoms with Gasteiger partial charge in [0.2, 0.25) is 0 Å². The number of rotatable bonds is 3. The number of phenols is 1. The van der Waals surface area contributed by atoms with Crippen molar-refractivity contribution < 1.29 is 13.5 Å². The molecule has 0 radical (unpaired) electrons. The molecule has 0 spiro atoms. The van der Waals surface area contributed by atoms with Crippen LogP contribution in [0, 0.1) is 6.92 Å². The van der Waals surface area contributed by atoms with Crippen LogP contribution in [0.25, 0.3) is 0 Å². The lowest BCUT2D eigenvalue weighted by Crippen LogP contribution is -2.13. The molecule has 106 valence electrons. The number of nitrogens with one attached hydrogen (secondary N) is 1. The molecule has 4 nitrogen and oxygen atoms in total. The van der Waals surface area contributed by atoms with E-state index >= 15 is 0 Å². The second kappa shape index (κ2) is 5.52. The van der Waals surface area contributed by atoms with Gasteiger partial charge in [-0.2, -0.15) is 0 Å². The first-order valence-corrected chi connectivity index (χ1v) is 7.81. The quantitative estimate of drug-likeness (QED) is 0.840. The number of anilines is 1. The highest BCUT2D eigenvalue weighted by atomic mass is 35.5. The highest BCUT2D eigenvalue weighted by molar-refractivity contribution is 7.92. The highest BCUT2D eigenvalue weighted by Gasteiger charge is 2.20. The molecule has 0 saturated heterocycles. The van der Waals surface area contributed by atoms with E-state index in [9.17, 15) is 13.5 Å². The van der Waals surface area contributed by atoms with E-state index in [2.05, 4.69) is 4.72 Å².